The lowest BCUT2D eigenvalue weighted by atomic mass is 10.0. The third kappa shape index (κ3) is 2.99. The minimum Gasteiger partial charge on any atom is -0.386 e. The van der Waals surface area contributed by atoms with Crippen LogP contribution in [0.15, 0.2) is 30.5 Å². The van der Waals surface area contributed by atoms with Crippen LogP contribution >= 0.6 is 11.6 Å². The fourth-order valence-corrected chi connectivity index (χ4v) is 2.47. The molecule has 0 saturated heterocycles. The van der Waals surface area contributed by atoms with Gasteiger partial charge in [0.2, 0.25) is 0 Å². The lowest BCUT2D eigenvalue weighted by molar-refractivity contribution is 0.164. The predicted molar refractivity (Wildman–Crippen MR) is 77.5 cm³/mol. The van der Waals surface area contributed by atoms with E-state index in [1.807, 2.05) is 45.0 Å². The number of hydrogen-bond donors (Lipinski definition) is 1. The Kier molecular flexibility index (Phi) is 4.27. The van der Waals surface area contributed by atoms with E-state index in [0.29, 0.717) is 17.1 Å². The van der Waals surface area contributed by atoms with Gasteiger partial charge >= 0.3 is 0 Å². The Bertz CT molecular complexity index is 563. The Morgan fingerprint density at radius 3 is 2.63 bits per heavy atom. The first-order valence-corrected chi connectivity index (χ1v) is 6.84. The van der Waals surface area contributed by atoms with E-state index in [4.69, 9.17) is 11.6 Å². The molecule has 0 radical (unpaired) electrons. The van der Waals surface area contributed by atoms with Crippen LogP contribution in [0.4, 0.5) is 0 Å². The molecule has 0 amide bonds. The van der Waals surface area contributed by atoms with Crippen LogP contribution in [0.1, 0.15) is 42.8 Å². The minimum atomic E-state index is -0.640. The monoisotopic (exact) mass is 278 g/mol. The lowest BCUT2D eigenvalue weighted by Gasteiger charge is -2.17. The summed E-state index contributed by atoms with van der Waals surface area (Å²) in [5, 5.41) is 15.2. The second kappa shape index (κ2) is 5.76. The van der Waals surface area contributed by atoms with E-state index in [2.05, 4.69) is 5.10 Å². The van der Waals surface area contributed by atoms with Gasteiger partial charge in [-0.2, -0.15) is 5.10 Å². The molecule has 3 nitrogen and oxygen atoms in total. The van der Waals surface area contributed by atoms with Crippen LogP contribution in [0.2, 0.25) is 5.02 Å². The highest BCUT2D eigenvalue weighted by Crippen LogP contribution is 2.28. The largest absolute Gasteiger partial charge is 0.386 e. The van der Waals surface area contributed by atoms with E-state index in [-0.39, 0.29) is 6.04 Å². The third-order valence-electron chi connectivity index (χ3n) is 3.27. The summed E-state index contributed by atoms with van der Waals surface area (Å²) >= 11 is 6.15. The number of rotatable bonds is 4. The Morgan fingerprint density at radius 1 is 1.32 bits per heavy atom. The molecule has 1 heterocycles. The van der Waals surface area contributed by atoms with Gasteiger partial charge in [-0.1, -0.05) is 35.9 Å². The summed E-state index contributed by atoms with van der Waals surface area (Å²) in [6.07, 6.45) is 1.50. The molecule has 1 aromatic carbocycles. The smallest absolute Gasteiger partial charge is 0.101 e. The minimum absolute atomic E-state index is 0.175. The average Bonchev–Trinajstić information content (AvgIpc) is 2.74. The molecule has 1 N–H and O–H groups in total. The van der Waals surface area contributed by atoms with Gasteiger partial charge in [0.05, 0.1) is 16.9 Å². The zero-order chi connectivity index (χ0) is 14.0. The number of aryl methyl sites for hydroxylation is 1. The summed E-state index contributed by atoms with van der Waals surface area (Å²) in [7, 11) is 0. The number of aromatic nitrogens is 2. The number of aliphatic hydroxyl groups excluding tert-OH is 1. The Morgan fingerprint density at radius 2 is 2.00 bits per heavy atom. The topological polar surface area (TPSA) is 38.1 Å². The van der Waals surface area contributed by atoms with Gasteiger partial charge in [0.15, 0.2) is 0 Å². The van der Waals surface area contributed by atoms with E-state index >= 15 is 0 Å². The van der Waals surface area contributed by atoms with E-state index in [1.54, 1.807) is 10.9 Å². The van der Waals surface area contributed by atoms with Crippen LogP contribution in [0, 0.1) is 6.92 Å². The predicted octanol–water partition coefficient (Wildman–Crippen LogP) is 3.70. The third-order valence-corrected chi connectivity index (χ3v) is 3.56. The number of aliphatic hydroxyl groups is 1. The Hall–Kier alpha value is -1.32. The fourth-order valence-electron chi connectivity index (χ4n) is 2.22. The molecule has 0 aliphatic carbocycles. The van der Waals surface area contributed by atoms with Crippen molar-refractivity contribution in [2.75, 3.05) is 0 Å². The van der Waals surface area contributed by atoms with Gasteiger partial charge in [-0.15, -0.1) is 0 Å². The van der Waals surface area contributed by atoms with Gasteiger partial charge in [-0.3, -0.25) is 4.68 Å². The van der Waals surface area contributed by atoms with Gasteiger partial charge in [-0.25, -0.2) is 0 Å². The number of benzene rings is 1. The zero-order valence-corrected chi connectivity index (χ0v) is 12.2. The normalized spacial score (nSPS) is 12.9. The molecule has 0 aliphatic heterocycles. The number of hydrogen-bond acceptors (Lipinski definition) is 2. The number of nitrogens with zero attached hydrogens (tertiary/aromatic N) is 2. The molecule has 0 bridgehead atoms. The molecular weight excluding hydrogens is 260 g/mol. The maximum absolute atomic E-state index is 10.5. The van der Waals surface area contributed by atoms with Gasteiger partial charge in [-0.05, 0) is 31.9 Å². The van der Waals surface area contributed by atoms with E-state index in [0.717, 1.165) is 5.56 Å². The average molecular weight is 279 g/mol. The zero-order valence-electron chi connectivity index (χ0n) is 11.5. The van der Waals surface area contributed by atoms with Gasteiger partial charge in [0.25, 0.3) is 0 Å². The molecule has 0 aliphatic rings. The summed E-state index contributed by atoms with van der Waals surface area (Å²) in [6, 6.07) is 8.23. The molecule has 4 heteroatoms. The van der Waals surface area contributed by atoms with Gasteiger partial charge < -0.3 is 5.11 Å². The van der Waals surface area contributed by atoms with Crippen molar-refractivity contribution in [1.82, 2.24) is 9.78 Å². The quantitative estimate of drug-likeness (QED) is 0.926. The highest BCUT2D eigenvalue weighted by Gasteiger charge is 2.20. The Balaban J connectivity index is 2.28. The highest BCUT2D eigenvalue weighted by molar-refractivity contribution is 6.31. The molecule has 1 unspecified atom stereocenters. The van der Waals surface area contributed by atoms with Gasteiger partial charge in [0, 0.05) is 12.5 Å². The van der Waals surface area contributed by atoms with Crippen LogP contribution in [0.3, 0.4) is 0 Å². The van der Waals surface area contributed by atoms with E-state index in [9.17, 15) is 5.11 Å². The summed E-state index contributed by atoms with van der Waals surface area (Å²) in [4.78, 5) is 0. The molecule has 0 fully saturated rings. The van der Waals surface area contributed by atoms with Crippen molar-refractivity contribution < 1.29 is 5.11 Å². The first kappa shape index (κ1) is 14.1. The first-order valence-electron chi connectivity index (χ1n) is 6.46. The molecular formula is C15H19ClN2O. The fraction of sp³-hybridized carbons (Fsp3) is 0.400. The van der Waals surface area contributed by atoms with Crippen molar-refractivity contribution in [3.63, 3.8) is 0 Å². The molecule has 2 rings (SSSR count). The maximum atomic E-state index is 10.5. The van der Waals surface area contributed by atoms with Crippen molar-refractivity contribution in [2.45, 2.75) is 39.3 Å². The van der Waals surface area contributed by atoms with Crippen LogP contribution in [0.25, 0.3) is 0 Å². The SMILES string of the molecule is Cc1ccccc1CC(O)c1c(Cl)cnn1C(C)C. The molecule has 1 aromatic heterocycles. The molecule has 0 saturated carbocycles. The van der Waals surface area contributed by atoms with Crippen molar-refractivity contribution in [3.8, 4) is 0 Å². The highest BCUT2D eigenvalue weighted by atomic mass is 35.5. The summed E-state index contributed by atoms with van der Waals surface area (Å²) in [5.41, 5.74) is 3.00. The Labute approximate surface area is 118 Å². The van der Waals surface area contributed by atoms with Crippen LogP contribution in [0.5, 0.6) is 0 Å². The molecule has 2 aromatic rings. The van der Waals surface area contributed by atoms with E-state index in [1.165, 1.54) is 5.56 Å². The number of halogens is 1. The molecule has 1 atom stereocenters. The summed E-state index contributed by atoms with van der Waals surface area (Å²) in [5.74, 6) is 0. The molecule has 0 spiro atoms. The van der Waals surface area contributed by atoms with Crippen molar-refractivity contribution in [2.24, 2.45) is 0 Å². The van der Waals surface area contributed by atoms with Crippen molar-refractivity contribution in [1.29, 1.82) is 0 Å². The van der Waals surface area contributed by atoms with Crippen molar-refractivity contribution >= 4 is 11.6 Å². The second-order valence-electron chi connectivity index (χ2n) is 5.06. The lowest BCUT2D eigenvalue weighted by Crippen LogP contribution is -2.13. The summed E-state index contributed by atoms with van der Waals surface area (Å²) < 4.78 is 1.78. The van der Waals surface area contributed by atoms with Crippen LogP contribution < -0.4 is 0 Å². The second-order valence-corrected chi connectivity index (χ2v) is 5.47. The first-order chi connectivity index (χ1) is 9.00. The molecule has 102 valence electrons. The standard InChI is InChI=1S/C15H19ClN2O/c1-10(2)18-15(13(16)9-17-18)14(19)8-12-7-5-4-6-11(12)3/h4-7,9-10,14,19H,8H2,1-3H3. The van der Waals surface area contributed by atoms with Crippen LogP contribution in [-0.4, -0.2) is 14.9 Å². The van der Waals surface area contributed by atoms with Crippen LogP contribution in [-0.2, 0) is 6.42 Å². The summed E-state index contributed by atoms with van der Waals surface area (Å²) in [6.45, 7) is 6.09. The van der Waals surface area contributed by atoms with Crippen molar-refractivity contribution in [3.05, 3.63) is 52.3 Å². The van der Waals surface area contributed by atoms with Gasteiger partial charge in [0.1, 0.15) is 6.10 Å². The molecule has 19 heavy (non-hydrogen) atoms. The maximum Gasteiger partial charge on any atom is 0.101 e. The van der Waals surface area contributed by atoms with E-state index < -0.39 is 6.10 Å².